The van der Waals surface area contributed by atoms with Gasteiger partial charge in [0.1, 0.15) is 0 Å². The van der Waals surface area contributed by atoms with Gasteiger partial charge < -0.3 is 10.3 Å². The van der Waals surface area contributed by atoms with Crippen molar-refractivity contribution in [3.8, 4) is 0 Å². The van der Waals surface area contributed by atoms with Gasteiger partial charge in [-0.3, -0.25) is 9.78 Å². The molecule has 0 aliphatic rings. The highest BCUT2D eigenvalue weighted by Crippen LogP contribution is 2.18. The zero-order valence-electron chi connectivity index (χ0n) is 10.3. The number of fused-ring (bicyclic) bond motifs is 1. The summed E-state index contributed by atoms with van der Waals surface area (Å²) >= 11 is 0. The summed E-state index contributed by atoms with van der Waals surface area (Å²) in [6, 6.07) is 11.5. The van der Waals surface area contributed by atoms with Gasteiger partial charge in [0.25, 0.3) is 0 Å². The number of carbonyl (C=O) groups is 1. The van der Waals surface area contributed by atoms with Crippen molar-refractivity contribution in [2.24, 2.45) is 0 Å². The maximum Gasteiger partial charge on any atom is 0.183 e. The molecule has 4 nitrogen and oxygen atoms in total. The molecule has 3 rings (SSSR count). The average molecular weight is 251 g/mol. The zero-order valence-corrected chi connectivity index (χ0v) is 10.3. The van der Waals surface area contributed by atoms with E-state index in [1.54, 1.807) is 18.6 Å². The lowest BCUT2D eigenvalue weighted by atomic mass is 10.1. The molecule has 2 aromatic heterocycles. The quantitative estimate of drug-likeness (QED) is 0.701. The third-order valence-electron chi connectivity index (χ3n) is 3.02. The number of nitrogens with zero attached hydrogens (tertiary/aromatic N) is 1. The highest BCUT2D eigenvalue weighted by atomic mass is 16.1. The number of ketones is 1. The molecule has 4 heteroatoms. The first-order valence-electron chi connectivity index (χ1n) is 6.08. The summed E-state index contributed by atoms with van der Waals surface area (Å²) in [5.41, 5.74) is 2.59. The Bertz CT molecular complexity index is 703. The van der Waals surface area contributed by atoms with Crippen molar-refractivity contribution >= 4 is 22.4 Å². The molecule has 0 saturated carbocycles. The van der Waals surface area contributed by atoms with Gasteiger partial charge in [-0.05, 0) is 18.2 Å². The van der Waals surface area contributed by atoms with Crippen LogP contribution in [-0.4, -0.2) is 22.3 Å². The van der Waals surface area contributed by atoms with Crippen molar-refractivity contribution in [1.82, 2.24) is 9.97 Å². The van der Waals surface area contributed by atoms with Crippen molar-refractivity contribution < 1.29 is 4.79 Å². The molecule has 94 valence electrons. The number of nitrogens with one attached hydrogen (secondary N) is 2. The molecule has 1 aromatic carbocycles. The number of anilines is 1. The minimum atomic E-state index is 0.0641. The second-order valence-electron chi connectivity index (χ2n) is 4.26. The number of H-pyrrole nitrogens is 1. The van der Waals surface area contributed by atoms with Gasteiger partial charge in [-0.2, -0.15) is 0 Å². The Hall–Kier alpha value is -2.62. The molecular weight excluding hydrogens is 238 g/mol. The van der Waals surface area contributed by atoms with Crippen LogP contribution < -0.4 is 5.32 Å². The third kappa shape index (κ3) is 2.33. The van der Waals surface area contributed by atoms with Gasteiger partial charge in [0.05, 0.1) is 6.54 Å². The molecule has 2 N–H and O–H groups in total. The van der Waals surface area contributed by atoms with E-state index in [0.717, 1.165) is 22.2 Å². The Morgan fingerprint density at radius 3 is 2.79 bits per heavy atom. The van der Waals surface area contributed by atoms with Crippen LogP contribution >= 0.6 is 0 Å². The lowest BCUT2D eigenvalue weighted by Crippen LogP contribution is -2.13. The van der Waals surface area contributed by atoms with E-state index in [-0.39, 0.29) is 12.3 Å². The fourth-order valence-corrected chi connectivity index (χ4v) is 2.05. The van der Waals surface area contributed by atoms with E-state index in [2.05, 4.69) is 15.3 Å². The highest BCUT2D eigenvalue weighted by Gasteiger charge is 2.11. The number of Topliss-reactive ketones (excluding diaryl/α,β-unsaturated/α-hetero) is 1. The summed E-state index contributed by atoms with van der Waals surface area (Å²) in [5.74, 6) is 0.0641. The molecule has 0 atom stereocenters. The molecule has 2 heterocycles. The van der Waals surface area contributed by atoms with Gasteiger partial charge in [0.15, 0.2) is 5.78 Å². The van der Waals surface area contributed by atoms with Gasteiger partial charge >= 0.3 is 0 Å². The molecule has 0 aliphatic carbocycles. The van der Waals surface area contributed by atoms with Crippen molar-refractivity contribution in [2.45, 2.75) is 0 Å². The summed E-state index contributed by atoms with van der Waals surface area (Å²) in [4.78, 5) is 19.2. The summed E-state index contributed by atoms with van der Waals surface area (Å²) in [7, 11) is 0. The Labute approximate surface area is 110 Å². The van der Waals surface area contributed by atoms with E-state index in [9.17, 15) is 4.79 Å². The first kappa shape index (κ1) is 11.5. The highest BCUT2D eigenvalue weighted by molar-refractivity contribution is 6.09. The predicted octanol–water partition coefficient (Wildman–Crippen LogP) is 2.86. The van der Waals surface area contributed by atoms with E-state index >= 15 is 0 Å². The predicted molar refractivity (Wildman–Crippen MR) is 75.4 cm³/mol. The Kier molecular flexibility index (Phi) is 2.98. The molecule has 0 spiro atoms. The SMILES string of the molecule is O=C(CNc1ccncc1)c1c[nH]c2ccccc12. The lowest BCUT2D eigenvalue weighted by molar-refractivity contribution is 0.101. The standard InChI is InChI=1S/C15H13N3O/c19-15(10-17-11-5-7-16-8-6-11)13-9-18-14-4-2-1-3-12(13)14/h1-9,18H,10H2,(H,16,17). The largest absolute Gasteiger partial charge is 0.377 e. The average Bonchev–Trinajstić information content (AvgIpc) is 2.90. The second-order valence-corrected chi connectivity index (χ2v) is 4.26. The molecular formula is C15H13N3O. The first-order valence-corrected chi connectivity index (χ1v) is 6.08. The maximum atomic E-state index is 12.2. The minimum absolute atomic E-state index is 0.0641. The van der Waals surface area contributed by atoms with E-state index < -0.39 is 0 Å². The summed E-state index contributed by atoms with van der Waals surface area (Å²) in [6.45, 7) is 0.270. The number of benzene rings is 1. The summed E-state index contributed by atoms with van der Waals surface area (Å²) in [6.07, 6.45) is 5.15. The lowest BCUT2D eigenvalue weighted by Gasteiger charge is -2.04. The molecule has 19 heavy (non-hydrogen) atoms. The fraction of sp³-hybridized carbons (Fsp3) is 0.0667. The number of pyridine rings is 1. The van der Waals surface area contributed by atoms with Crippen molar-refractivity contribution in [2.75, 3.05) is 11.9 Å². The van der Waals surface area contributed by atoms with E-state index in [1.807, 2.05) is 36.4 Å². The van der Waals surface area contributed by atoms with Gasteiger partial charge in [0.2, 0.25) is 0 Å². The van der Waals surface area contributed by atoms with Crippen LogP contribution in [0.15, 0.2) is 55.0 Å². The molecule has 0 fully saturated rings. The van der Waals surface area contributed by atoms with Gasteiger partial charge in [0, 0.05) is 40.7 Å². The van der Waals surface area contributed by atoms with Crippen LogP contribution in [0.5, 0.6) is 0 Å². The van der Waals surface area contributed by atoms with Gasteiger partial charge in [-0.15, -0.1) is 0 Å². The van der Waals surface area contributed by atoms with E-state index in [0.29, 0.717) is 0 Å². The molecule has 0 bridgehead atoms. The molecule has 0 unspecified atom stereocenters. The number of hydrogen-bond acceptors (Lipinski definition) is 3. The third-order valence-corrected chi connectivity index (χ3v) is 3.02. The van der Waals surface area contributed by atoms with Crippen LogP contribution in [0.2, 0.25) is 0 Å². The minimum Gasteiger partial charge on any atom is -0.377 e. The van der Waals surface area contributed by atoms with E-state index in [1.165, 1.54) is 0 Å². The molecule has 0 saturated heterocycles. The normalized spacial score (nSPS) is 10.5. The van der Waals surface area contributed by atoms with Crippen LogP contribution in [0, 0.1) is 0 Å². The zero-order chi connectivity index (χ0) is 13.1. The summed E-state index contributed by atoms with van der Waals surface area (Å²) in [5, 5.41) is 4.06. The van der Waals surface area contributed by atoms with Crippen LogP contribution in [0.3, 0.4) is 0 Å². The first-order chi connectivity index (χ1) is 9.34. The van der Waals surface area contributed by atoms with Gasteiger partial charge in [-0.1, -0.05) is 18.2 Å². The monoisotopic (exact) mass is 251 g/mol. The number of rotatable bonds is 4. The maximum absolute atomic E-state index is 12.2. The van der Waals surface area contributed by atoms with Crippen molar-refractivity contribution in [3.63, 3.8) is 0 Å². The fourth-order valence-electron chi connectivity index (χ4n) is 2.05. The number of aromatic nitrogens is 2. The number of para-hydroxylation sites is 1. The number of aromatic amines is 1. The Morgan fingerprint density at radius 1 is 1.16 bits per heavy atom. The summed E-state index contributed by atoms with van der Waals surface area (Å²) < 4.78 is 0. The number of carbonyl (C=O) groups excluding carboxylic acids is 1. The Balaban J connectivity index is 1.77. The molecule has 0 radical (unpaired) electrons. The van der Waals surface area contributed by atoms with Crippen LogP contribution in [0.1, 0.15) is 10.4 Å². The van der Waals surface area contributed by atoms with E-state index in [4.69, 9.17) is 0 Å². The van der Waals surface area contributed by atoms with Crippen LogP contribution in [0.25, 0.3) is 10.9 Å². The van der Waals surface area contributed by atoms with Crippen LogP contribution in [0.4, 0.5) is 5.69 Å². The molecule has 3 aromatic rings. The second kappa shape index (κ2) is 4.94. The topological polar surface area (TPSA) is 57.8 Å². The Morgan fingerprint density at radius 2 is 1.95 bits per heavy atom. The van der Waals surface area contributed by atoms with Gasteiger partial charge in [-0.25, -0.2) is 0 Å². The molecule has 0 amide bonds. The van der Waals surface area contributed by atoms with Crippen molar-refractivity contribution in [3.05, 3.63) is 60.6 Å². The molecule has 0 aliphatic heterocycles. The van der Waals surface area contributed by atoms with Crippen LogP contribution in [-0.2, 0) is 0 Å². The number of hydrogen-bond donors (Lipinski definition) is 2. The van der Waals surface area contributed by atoms with Crippen molar-refractivity contribution in [1.29, 1.82) is 0 Å². The smallest absolute Gasteiger partial charge is 0.183 e.